The van der Waals surface area contributed by atoms with Crippen LogP contribution < -0.4 is 5.32 Å². The van der Waals surface area contributed by atoms with Gasteiger partial charge in [0.25, 0.3) is 0 Å². The summed E-state index contributed by atoms with van der Waals surface area (Å²) in [5.41, 5.74) is 6.96. The number of carbonyl (C=O) groups is 1. The summed E-state index contributed by atoms with van der Waals surface area (Å²) in [6.07, 6.45) is 1.75. The lowest BCUT2D eigenvalue weighted by Crippen LogP contribution is -2.48. The van der Waals surface area contributed by atoms with Crippen LogP contribution in [0.5, 0.6) is 0 Å². The number of carbonyl (C=O) groups excluding carboxylic acids is 1. The number of hydrogen-bond donors (Lipinski definition) is 2. The van der Waals surface area contributed by atoms with Gasteiger partial charge in [-0.15, -0.1) is 0 Å². The summed E-state index contributed by atoms with van der Waals surface area (Å²) in [5.74, 6) is 2.96. The molecule has 2 saturated heterocycles. The van der Waals surface area contributed by atoms with Gasteiger partial charge in [0.1, 0.15) is 11.6 Å². The fourth-order valence-corrected chi connectivity index (χ4v) is 7.13. The number of ether oxygens (including phenoxy) is 3. The minimum absolute atomic E-state index is 0.0932. The van der Waals surface area contributed by atoms with Crippen LogP contribution >= 0.6 is 0 Å². The zero-order valence-corrected chi connectivity index (χ0v) is 31.9. The van der Waals surface area contributed by atoms with Gasteiger partial charge in [-0.3, -0.25) is 0 Å². The summed E-state index contributed by atoms with van der Waals surface area (Å²) >= 11 is 0. The van der Waals surface area contributed by atoms with E-state index in [1.54, 1.807) is 18.9 Å². The molecule has 0 aliphatic carbocycles. The summed E-state index contributed by atoms with van der Waals surface area (Å²) in [6, 6.07) is 13.5. The Labute approximate surface area is 298 Å². The molecular weight excluding hydrogens is 632 g/mol. The first-order valence-corrected chi connectivity index (χ1v) is 18.2. The van der Waals surface area contributed by atoms with E-state index in [1.807, 2.05) is 14.0 Å². The fourth-order valence-electron chi connectivity index (χ4n) is 7.13. The number of aliphatic hydroxyl groups is 1. The first-order valence-electron chi connectivity index (χ1n) is 18.2. The molecule has 4 atom stereocenters. The van der Waals surface area contributed by atoms with E-state index in [1.165, 1.54) is 22.5 Å². The lowest BCUT2D eigenvalue weighted by Gasteiger charge is -2.38. The summed E-state index contributed by atoms with van der Waals surface area (Å²) < 4.78 is 21.4. The van der Waals surface area contributed by atoms with Gasteiger partial charge in [-0.1, -0.05) is 39.8 Å². The van der Waals surface area contributed by atoms with Gasteiger partial charge in [0, 0.05) is 45.8 Å². The average Bonchev–Trinajstić information content (AvgIpc) is 3.67. The molecule has 11 heteroatoms. The Bertz CT molecular complexity index is 1680. The predicted molar refractivity (Wildman–Crippen MR) is 200 cm³/mol. The Balaban J connectivity index is 0.000000212. The van der Waals surface area contributed by atoms with Gasteiger partial charge in [0.05, 0.1) is 59.5 Å². The van der Waals surface area contributed by atoms with Crippen molar-refractivity contribution in [3.8, 4) is 0 Å². The number of aliphatic hydroxyl groups excluding tert-OH is 1. The maximum atomic E-state index is 12.1. The van der Waals surface area contributed by atoms with Crippen molar-refractivity contribution in [1.82, 2.24) is 29.3 Å². The topological polar surface area (TPSA) is 116 Å². The molecule has 4 aromatic rings. The van der Waals surface area contributed by atoms with Crippen LogP contribution in [0.1, 0.15) is 101 Å². The number of methoxy groups -OCH3 is 2. The second-order valence-corrected chi connectivity index (χ2v) is 13.9. The van der Waals surface area contributed by atoms with Crippen molar-refractivity contribution in [2.45, 2.75) is 104 Å². The number of nitrogens with zero attached hydrogens (tertiary/aromatic N) is 5. The molecule has 276 valence electrons. The van der Waals surface area contributed by atoms with E-state index in [0.29, 0.717) is 37.6 Å². The van der Waals surface area contributed by atoms with Crippen LogP contribution in [0.2, 0.25) is 0 Å². The van der Waals surface area contributed by atoms with Crippen molar-refractivity contribution in [3.63, 3.8) is 0 Å². The van der Waals surface area contributed by atoms with Crippen LogP contribution in [0, 0.1) is 13.8 Å². The molecule has 0 saturated carbocycles. The van der Waals surface area contributed by atoms with Crippen molar-refractivity contribution in [2.75, 3.05) is 53.6 Å². The third kappa shape index (κ3) is 8.85. The molecule has 0 bridgehead atoms. The molecule has 2 aliphatic rings. The smallest absolute Gasteiger partial charge is 0.409 e. The van der Waals surface area contributed by atoms with Gasteiger partial charge >= 0.3 is 6.09 Å². The molecule has 6 rings (SSSR count). The number of aromatic nitrogens is 4. The van der Waals surface area contributed by atoms with Crippen LogP contribution in [0.15, 0.2) is 36.4 Å². The second kappa shape index (κ2) is 18.1. The monoisotopic (exact) mass is 692 g/mol. The molecule has 2 aromatic carbocycles. The molecule has 50 heavy (non-hydrogen) atoms. The number of fused-ring (bicyclic) bond motifs is 2. The first-order chi connectivity index (χ1) is 24.0. The van der Waals surface area contributed by atoms with Crippen molar-refractivity contribution < 1.29 is 24.1 Å². The van der Waals surface area contributed by atoms with Gasteiger partial charge in [-0.25, -0.2) is 14.8 Å². The van der Waals surface area contributed by atoms with Crippen LogP contribution in [0.3, 0.4) is 0 Å². The zero-order valence-electron chi connectivity index (χ0n) is 31.9. The van der Waals surface area contributed by atoms with E-state index < -0.39 is 0 Å². The van der Waals surface area contributed by atoms with Crippen LogP contribution in [0.4, 0.5) is 4.79 Å². The van der Waals surface area contributed by atoms with E-state index in [0.717, 1.165) is 48.3 Å². The fraction of sp³-hybridized carbons (Fsp3) is 0.615. The third-order valence-corrected chi connectivity index (χ3v) is 9.49. The van der Waals surface area contributed by atoms with Crippen molar-refractivity contribution in [1.29, 1.82) is 0 Å². The van der Waals surface area contributed by atoms with Crippen molar-refractivity contribution in [3.05, 3.63) is 59.2 Å². The highest BCUT2D eigenvalue weighted by Gasteiger charge is 2.36. The van der Waals surface area contributed by atoms with Gasteiger partial charge in [-0.05, 0) is 82.5 Å². The van der Waals surface area contributed by atoms with Gasteiger partial charge in [0.2, 0.25) is 0 Å². The lowest BCUT2D eigenvalue weighted by molar-refractivity contribution is -0.00634. The molecule has 2 fully saturated rings. The molecule has 1 amide bonds. The molecule has 0 spiro atoms. The second-order valence-electron chi connectivity index (χ2n) is 13.9. The highest BCUT2D eigenvalue weighted by Crippen LogP contribution is 2.34. The van der Waals surface area contributed by atoms with E-state index in [2.05, 4.69) is 92.4 Å². The Hall–Kier alpha value is -3.51. The van der Waals surface area contributed by atoms with Crippen LogP contribution in [0.25, 0.3) is 22.1 Å². The quantitative estimate of drug-likeness (QED) is 0.215. The number of likely N-dealkylation sites (tertiary alicyclic amines) is 1. The van der Waals surface area contributed by atoms with E-state index in [-0.39, 0.29) is 30.9 Å². The summed E-state index contributed by atoms with van der Waals surface area (Å²) in [6.45, 7) is 20.3. The number of nitrogens with one attached hydrogen (secondary N) is 1. The summed E-state index contributed by atoms with van der Waals surface area (Å²) in [4.78, 5) is 23.7. The summed E-state index contributed by atoms with van der Waals surface area (Å²) in [7, 11) is 3.52. The number of piperidine rings is 2. The minimum atomic E-state index is -0.261. The van der Waals surface area contributed by atoms with Crippen molar-refractivity contribution in [2.24, 2.45) is 0 Å². The maximum Gasteiger partial charge on any atom is 0.409 e. The van der Waals surface area contributed by atoms with E-state index in [9.17, 15) is 4.79 Å². The zero-order chi connectivity index (χ0) is 36.5. The molecule has 0 radical (unpaired) electrons. The Morgan fingerprint density at radius 1 is 0.860 bits per heavy atom. The third-order valence-electron chi connectivity index (χ3n) is 9.49. The number of benzene rings is 2. The SMILES string of the molecule is CCO.CCOC(=O)N1CC[C@@H](n2c(C(C)C)nc3cc(C)ccc32)[C@H](OC)C1.CO[C@@H]1CNCC[C@H]1n1c(C(C)C)nc2cc(C)ccc21. The molecule has 11 nitrogen and oxygen atoms in total. The molecule has 0 unspecified atom stereocenters. The highest BCUT2D eigenvalue weighted by atomic mass is 16.6. The Kier molecular flexibility index (Phi) is 14.2. The Morgan fingerprint density at radius 2 is 1.36 bits per heavy atom. The summed E-state index contributed by atoms with van der Waals surface area (Å²) in [5, 5.41) is 11.0. The highest BCUT2D eigenvalue weighted by molar-refractivity contribution is 5.78. The largest absolute Gasteiger partial charge is 0.450 e. The number of rotatable bonds is 7. The van der Waals surface area contributed by atoms with Gasteiger partial charge < -0.3 is 38.7 Å². The van der Waals surface area contributed by atoms with Crippen LogP contribution in [-0.4, -0.2) is 101 Å². The Morgan fingerprint density at radius 3 is 1.82 bits per heavy atom. The average molecular weight is 693 g/mol. The lowest BCUT2D eigenvalue weighted by atomic mass is 10.00. The number of aryl methyl sites for hydroxylation is 2. The van der Waals surface area contributed by atoms with Gasteiger partial charge in [0.15, 0.2) is 0 Å². The molecular formula is C39H60N6O5. The standard InChI is InChI=1S/C20H29N3O3.C17H25N3O.C2H6O/c1-6-26-20(24)22-10-9-17(18(12-22)25-5)23-16-8-7-14(4)11-15(16)21-19(23)13(2)3;1-11(2)17-19-13-9-12(3)5-6-14(13)20(17)15-7-8-18-10-16(15)21-4;1-2-3/h7-8,11,13,17-18H,6,9-10,12H2,1-5H3;5-6,9,11,15-16,18H,7-8,10H2,1-4H3;3H,2H2,1H3/t17-,18-;15-,16-;/m11./s1. The first kappa shape index (κ1) is 39.3. The maximum absolute atomic E-state index is 12.1. The van der Waals surface area contributed by atoms with Crippen molar-refractivity contribution >= 4 is 28.2 Å². The number of hydrogen-bond acceptors (Lipinski definition) is 8. The van der Waals surface area contributed by atoms with E-state index >= 15 is 0 Å². The predicted octanol–water partition coefficient (Wildman–Crippen LogP) is 6.90. The molecule has 2 aliphatic heterocycles. The van der Waals surface area contributed by atoms with E-state index in [4.69, 9.17) is 29.3 Å². The normalized spacial score (nSPS) is 20.9. The molecule has 2 N–H and O–H groups in total. The number of imidazole rings is 2. The van der Waals surface area contributed by atoms with Gasteiger partial charge in [-0.2, -0.15) is 0 Å². The molecule has 2 aromatic heterocycles. The number of amides is 1. The van der Waals surface area contributed by atoms with Crippen LogP contribution in [-0.2, 0) is 14.2 Å². The minimum Gasteiger partial charge on any atom is -0.450 e. The molecule has 4 heterocycles.